The zero-order valence-corrected chi connectivity index (χ0v) is 10.0. The van der Waals surface area contributed by atoms with Gasteiger partial charge in [-0.2, -0.15) is 0 Å². The molecule has 0 unspecified atom stereocenters. The Labute approximate surface area is 100 Å². The third-order valence-corrected chi connectivity index (χ3v) is 5.19. The molecule has 4 atom stereocenters. The molecular weight excluding hydrogens is 220 g/mol. The van der Waals surface area contributed by atoms with Crippen LogP contribution in [0.3, 0.4) is 0 Å². The Kier molecular flexibility index (Phi) is 2.25. The van der Waals surface area contributed by atoms with Crippen LogP contribution in [0.15, 0.2) is 0 Å². The number of hydrogen-bond acceptors (Lipinski definition) is 3. The van der Waals surface area contributed by atoms with Crippen LogP contribution in [0, 0.1) is 29.1 Å². The van der Waals surface area contributed by atoms with Crippen LogP contribution in [-0.2, 0) is 14.3 Å². The van der Waals surface area contributed by atoms with Crippen LogP contribution < -0.4 is 0 Å². The Morgan fingerprint density at radius 2 is 1.82 bits per heavy atom. The average Bonchev–Trinajstić information content (AvgIpc) is 2.94. The highest BCUT2D eigenvalue weighted by atomic mass is 16.5. The second-order valence-corrected chi connectivity index (χ2v) is 5.67. The summed E-state index contributed by atoms with van der Waals surface area (Å²) >= 11 is 0. The van der Waals surface area contributed by atoms with Crippen LogP contribution in [0.25, 0.3) is 0 Å². The van der Waals surface area contributed by atoms with E-state index in [-0.39, 0.29) is 29.1 Å². The summed E-state index contributed by atoms with van der Waals surface area (Å²) in [5, 5.41) is 9.38. The molecule has 0 aromatic heterocycles. The number of hydrogen-bond donors (Lipinski definition) is 1. The Hall–Kier alpha value is -1.06. The van der Waals surface area contributed by atoms with E-state index in [2.05, 4.69) is 0 Å². The molecule has 3 aliphatic rings. The number of aliphatic carboxylic acids is 1. The van der Waals surface area contributed by atoms with Crippen LogP contribution >= 0.6 is 0 Å². The van der Waals surface area contributed by atoms with Crippen molar-refractivity contribution in [2.24, 2.45) is 29.1 Å². The van der Waals surface area contributed by atoms with Gasteiger partial charge in [0.05, 0.1) is 18.4 Å². The first-order chi connectivity index (χ1) is 8.12. The molecule has 3 rings (SSSR count). The molecule has 1 spiro atoms. The largest absolute Gasteiger partial charge is 0.481 e. The molecule has 4 nitrogen and oxygen atoms in total. The van der Waals surface area contributed by atoms with E-state index in [1.165, 1.54) is 0 Å². The van der Waals surface area contributed by atoms with Crippen LogP contribution in [0.4, 0.5) is 0 Å². The molecule has 3 aliphatic carbocycles. The summed E-state index contributed by atoms with van der Waals surface area (Å²) in [5.41, 5.74) is 0.195. The molecule has 4 heteroatoms. The molecule has 0 amide bonds. The summed E-state index contributed by atoms with van der Waals surface area (Å²) in [7, 11) is 0. The summed E-state index contributed by atoms with van der Waals surface area (Å²) < 4.78 is 5.08. The third-order valence-electron chi connectivity index (χ3n) is 5.19. The molecule has 0 heterocycles. The van der Waals surface area contributed by atoms with Gasteiger partial charge in [0.15, 0.2) is 0 Å². The van der Waals surface area contributed by atoms with Crippen molar-refractivity contribution in [1.29, 1.82) is 0 Å². The quantitative estimate of drug-likeness (QED) is 0.760. The Morgan fingerprint density at radius 3 is 2.29 bits per heavy atom. The van der Waals surface area contributed by atoms with E-state index in [1.807, 2.05) is 0 Å². The maximum Gasteiger partial charge on any atom is 0.310 e. The van der Waals surface area contributed by atoms with Crippen LogP contribution in [0.2, 0.25) is 0 Å². The van der Waals surface area contributed by atoms with Gasteiger partial charge in [0.1, 0.15) is 0 Å². The molecule has 0 aliphatic heterocycles. The first-order valence-corrected chi connectivity index (χ1v) is 6.51. The topological polar surface area (TPSA) is 63.6 Å². The zero-order valence-electron chi connectivity index (χ0n) is 10.0. The summed E-state index contributed by atoms with van der Waals surface area (Å²) in [6, 6.07) is 0. The average molecular weight is 238 g/mol. The minimum Gasteiger partial charge on any atom is -0.481 e. The van der Waals surface area contributed by atoms with Gasteiger partial charge in [0.2, 0.25) is 0 Å². The maximum atomic E-state index is 12.0. The van der Waals surface area contributed by atoms with E-state index in [4.69, 9.17) is 4.74 Å². The van der Waals surface area contributed by atoms with E-state index in [0.29, 0.717) is 6.61 Å². The van der Waals surface area contributed by atoms with Gasteiger partial charge >= 0.3 is 11.9 Å². The molecule has 0 saturated heterocycles. The number of ether oxygens (including phenoxy) is 1. The van der Waals surface area contributed by atoms with Crippen molar-refractivity contribution < 1.29 is 19.4 Å². The highest BCUT2D eigenvalue weighted by Gasteiger charge is 2.72. The number of carbonyl (C=O) groups is 2. The molecule has 0 aromatic carbocycles. The van der Waals surface area contributed by atoms with Gasteiger partial charge in [0, 0.05) is 0 Å². The van der Waals surface area contributed by atoms with Crippen molar-refractivity contribution in [3.05, 3.63) is 0 Å². The third kappa shape index (κ3) is 1.30. The zero-order chi connectivity index (χ0) is 12.2. The van der Waals surface area contributed by atoms with Crippen molar-refractivity contribution in [2.75, 3.05) is 6.61 Å². The molecule has 1 N–H and O–H groups in total. The van der Waals surface area contributed by atoms with Crippen molar-refractivity contribution in [3.63, 3.8) is 0 Å². The van der Waals surface area contributed by atoms with E-state index in [0.717, 1.165) is 25.7 Å². The molecule has 3 saturated carbocycles. The van der Waals surface area contributed by atoms with Crippen LogP contribution in [0.1, 0.15) is 32.6 Å². The second-order valence-electron chi connectivity index (χ2n) is 5.67. The molecule has 17 heavy (non-hydrogen) atoms. The van der Waals surface area contributed by atoms with Gasteiger partial charge in [-0.05, 0) is 49.9 Å². The fourth-order valence-electron chi connectivity index (χ4n) is 4.54. The minimum atomic E-state index is -0.804. The lowest BCUT2D eigenvalue weighted by Crippen LogP contribution is -2.35. The van der Waals surface area contributed by atoms with Gasteiger partial charge in [0.25, 0.3) is 0 Å². The molecule has 0 radical (unpaired) electrons. The molecule has 2 bridgehead atoms. The SMILES string of the molecule is CCOC(=O)[C@H]1[C@H](C(=O)O)[C@@H]2CC[C@H]1C21CC1. The number of carbonyl (C=O) groups excluding carboxylic acids is 1. The van der Waals surface area contributed by atoms with Crippen LogP contribution in [0.5, 0.6) is 0 Å². The summed E-state index contributed by atoms with van der Waals surface area (Å²) in [6.07, 6.45) is 4.22. The summed E-state index contributed by atoms with van der Waals surface area (Å²) in [4.78, 5) is 23.4. The van der Waals surface area contributed by atoms with Gasteiger partial charge in [-0.3, -0.25) is 9.59 Å². The van der Waals surface area contributed by atoms with E-state index in [1.54, 1.807) is 6.92 Å². The highest BCUT2D eigenvalue weighted by molar-refractivity contribution is 5.83. The Morgan fingerprint density at radius 1 is 1.24 bits per heavy atom. The number of esters is 1. The normalized spacial score (nSPS) is 40.5. The van der Waals surface area contributed by atoms with Crippen molar-refractivity contribution in [2.45, 2.75) is 32.6 Å². The predicted octanol–water partition coefficient (Wildman–Crippen LogP) is 1.69. The maximum absolute atomic E-state index is 12.0. The predicted molar refractivity (Wildman–Crippen MR) is 59.1 cm³/mol. The van der Waals surface area contributed by atoms with Gasteiger partial charge in [-0.25, -0.2) is 0 Å². The highest BCUT2D eigenvalue weighted by Crippen LogP contribution is 2.74. The summed E-state index contributed by atoms with van der Waals surface area (Å²) in [6.45, 7) is 2.11. The Balaban J connectivity index is 1.91. The fraction of sp³-hybridized carbons (Fsp3) is 0.846. The molecule has 3 fully saturated rings. The second kappa shape index (κ2) is 3.47. The minimum absolute atomic E-state index is 0.195. The molecule has 0 aromatic rings. The van der Waals surface area contributed by atoms with Crippen molar-refractivity contribution in [3.8, 4) is 0 Å². The number of carboxylic acid groups (broad SMARTS) is 1. The fourth-order valence-corrected chi connectivity index (χ4v) is 4.54. The van der Waals surface area contributed by atoms with Gasteiger partial charge < -0.3 is 9.84 Å². The van der Waals surface area contributed by atoms with E-state index < -0.39 is 11.9 Å². The van der Waals surface area contributed by atoms with E-state index in [9.17, 15) is 14.7 Å². The molecular formula is C13H18O4. The lowest BCUT2D eigenvalue weighted by Gasteiger charge is -2.25. The standard InChI is InChI=1S/C13H18O4/c1-2-17-12(16)10-8-4-3-7(9(10)11(14)15)13(8)5-6-13/h7-10H,2-6H2,1H3,(H,14,15)/t7-,8+,9+,10+/m0/s1. The van der Waals surface area contributed by atoms with E-state index >= 15 is 0 Å². The van der Waals surface area contributed by atoms with Gasteiger partial charge in [-0.1, -0.05) is 0 Å². The monoisotopic (exact) mass is 238 g/mol. The van der Waals surface area contributed by atoms with Gasteiger partial charge in [-0.15, -0.1) is 0 Å². The van der Waals surface area contributed by atoms with Crippen molar-refractivity contribution >= 4 is 11.9 Å². The number of carboxylic acids is 1. The first-order valence-electron chi connectivity index (χ1n) is 6.51. The number of rotatable bonds is 3. The summed E-state index contributed by atoms with van der Waals surface area (Å²) in [5.74, 6) is -1.46. The first kappa shape index (κ1) is 11.1. The lowest BCUT2D eigenvalue weighted by molar-refractivity contribution is -0.159. The molecule has 94 valence electrons. The Bertz CT molecular complexity index is 372. The van der Waals surface area contributed by atoms with Crippen LogP contribution in [-0.4, -0.2) is 23.7 Å². The smallest absolute Gasteiger partial charge is 0.310 e. The van der Waals surface area contributed by atoms with Crippen molar-refractivity contribution in [1.82, 2.24) is 0 Å². The lowest BCUT2D eigenvalue weighted by atomic mass is 9.79.